The number of amides is 2. The van der Waals surface area contributed by atoms with Crippen LogP contribution >= 0.6 is 0 Å². The molecule has 0 unspecified atom stereocenters. The summed E-state index contributed by atoms with van der Waals surface area (Å²) in [4.78, 5) is 28.8. The quantitative estimate of drug-likeness (QED) is 0.615. The smallest absolute Gasteiger partial charge is 0.356 e. The van der Waals surface area contributed by atoms with Crippen molar-refractivity contribution >= 4 is 11.8 Å². The van der Waals surface area contributed by atoms with Gasteiger partial charge in [-0.25, -0.2) is 0 Å². The summed E-state index contributed by atoms with van der Waals surface area (Å²) < 4.78 is 38.5. The Kier molecular flexibility index (Phi) is 9.14. The van der Waals surface area contributed by atoms with Crippen molar-refractivity contribution in [1.29, 1.82) is 0 Å². The van der Waals surface area contributed by atoms with Crippen molar-refractivity contribution in [2.45, 2.75) is 45.7 Å². The molecular formula is C22H32F3N3O2. The van der Waals surface area contributed by atoms with Crippen LogP contribution in [0.4, 0.5) is 13.2 Å². The first-order valence-corrected chi connectivity index (χ1v) is 10.7. The Morgan fingerprint density at radius 3 is 2.43 bits per heavy atom. The lowest BCUT2D eigenvalue weighted by Gasteiger charge is -2.31. The molecule has 2 amide bonds. The van der Waals surface area contributed by atoms with E-state index in [1.807, 2.05) is 0 Å². The molecule has 0 radical (unpaired) electrons. The van der Waals surface area contributed by atoms with Crippen molar-refractivity contribution in [3.63, 3.8) is 0 Å². The largest absolute Gasteiger partial charge is 0.416 e. The molecule has 0 atom stereocenters. The van der Waals surface area contributed by atoms with Crippen molar-refractivity contribution in [3.05, 3.63) is 35.4 Å². The van der Waals surface area contributed by atoms with Crippen LogP contribution in [0.15, 0.2) is 24.3 Å². The van der Waals surface area contributed by atoms with Crippen LogP contribution in [0.5, 0.6) is 0 Å². The van der Waals surface area contributed by atoms with Gasteiger partial charge >= 0.3 is 6.18 Å². The van der Waals surface area contributed by atoms with Gasteiger partial charge < -0.3 is 15.1 Å². The van der Waals surface area contributed by atoms with E-state index >= 15 is 0 Å². The fourth-order valence-corrected chi connectivity index (χ4v) is 3.73. The zero-order valence-corrected chi connectivity index (χ0v) is 17.8. The number of carbonyl (C=O) groups excluding carboxylic acids is 2. The molecule has 0 bridgehead atoms. The predicted molar refractivity (Wildman–Crippen MR) is 110 cm³/mol. The van der Waals surface area contributed by atoms with E-state index in [-0.39, 0.29) is 24.2 Å². The standard InChI is InChI=1S/C22H32F3N3O2/c1-3-27(4-2)12-6-11-26-21(30)18-9-13-28(14-10-18)20(29)16-17-7-5-8-19(15-17)22(23,24)25/h5,7-8,15,18H,3-4,6,9-14,16H2,1-2H3,(H,26,30). The normalized spacial score (nSPS) is 15.5. The van der Waals surface area contributed by atoms with Crippen molar-refractivity contribution in [2.24, 2.45) is 5.92 Å². The molecule has 2 rings (SSSR count). The highest BCUT2D eigenvalue weighted by Crippen LogP contribution is 2.29. The Labute approximate surface area is 176 Å². The maximum absolute atomic E-state index is 12.8. The van der Waals surface area contributed by atoms with Gasteiger partial charge in [-0.15, -0.1) is 0 Å². The van der Waals surface area contributed by atoms with Crippen molar-refractivity contribution in [2.75, 3.05) is 39.3 Å². The minimum Gasteiger partial charge on any atom is -0.356 e. The molecule has 30 heavy (non-hydrogen) atoms. The predicted octanol–water partition coefficient (Wildman–Crippen LogP) is 3.33. The SMILES string of the molecule is CCN(CC)CCCNC(=O)C1CCN(C(=O)Cc2cccc(C(F)(F)F)c2)CC1. The summed E-state index contributed by atoms with van der Waals surface area (Å²) in [5, 5.41) is 2.98. The average Bonchev–Trinajstić information content (AvgIpc) is 2.73. The summed E-state index contributed by atoms with van der Waals surface area (Å²) >= 11 is 0. The Morgan fingerprint density at radius 1 is 1.17 bits per heavy atom. The van der Waals surface area contributed by atoms with Crippen LogP contribution in [0.3, 0.4) is 0 Å². The van der Waals surface area contributed by atoms with Crippen LogP contribution in [0.25, 0.3) is 0 Å². The summed E-state index contributed by atoms with van der Waals surface area (Å²) in [7, 11) is 0. The zero-order valence-electron chi connectivity index (χ0n) is 17.8. The first kappa shape index (κ1) is 24.2. The second-order valence-electron chi connectivity index (χ2n) is 7.70. The molecular weight excluding hydrogens is 395 g/mol. The molecule has 8 heteroatoms. The monoisotopic (exact) mass is 427 g/mol. The second kappa shape index (κ2) is 11.3. The summed E-state index contributed by atoms with van der Waals surface area (Å²) in [6.07, 6.45) is -2.42. The van der Waals surface area contributed by atoms with Gasteiger partial charge in [0, 0.05) is 25.6 Å². The van der Waals surface area contributed by atoms with Crippen LogP contribution in [0.2, 0.25) is 0 Å². The number of likely N-dealkylation sites (tertiary alicyclic amines) is 1. The van der Waals surface area contributed by atoms with Gasteiger partial charge in [-0.1, -0.05) is 32.0 Å². The van der Waals surface area contributed by atoms with Gasteiger partial charge in [0.1, 0.15) is 0 Å². The molecule has 1 N–H and O–H groups in total. The molecule has 0 aromatic heterocycles. The van der Waals surface area contributed by atoms with Crippen molar-refractivity contribution < 1.29 is 22.8 Å². The molecule has 1 fully saturated rings. The van der Waals surface area contributed by atoms with Gasteiger partial charge in [0.15, 0.2) is 0 Å². The summed E-state index contributed by atoms with van der Waals surface area (Å²) in [6.45, 7) is 8.73. The van der Waals surface area contributed by atoms with Gasteiger partial charge in [0.05, 0.1) is 12.0 Å². The van der Waals surface area contributed by atoms with E-state index in [1.165, 1.54) is 12.1 Å². The van der Waals surface area contributed by atoms with E-state index in [2.05, 4.69) is 24.1 Å². The third-order valence-corrected chi connectivity index (χ3v) is 5.67. The van der Waals surface area contributed by atoms with E-state index in [9.17, 15) is 22.8 Å². The number of hydrogen-bond donors (Lipinski definition) is 1. The van der Waals surface area contributed by atoms with Crippen molar-refractivity contribution in [1.82, 2.24) is 15.1 Å². The number of benzene rings is 1. The van der Waals surface area contributed by atoms with Gasteiger partial charge in [-0.2, -0.15) is 13.2 Å². The molecule has 168 valence electrons. The molecule has 0 aliphatic carbocycles. The summed E-state index contributed by atoms with van der Waals surface area (Å²) in [6, 6.07) is 4.88. The molecule has 1 aliphatic rings. The van der Waals surface area contributed by atoms with Crippen molar-refractivity contribution in [3.8, 4) is 0 Å². The number of alkyl halides is 3. The topological polar surface area (TPSA) is 52.7 Å². The highest BCUT2D eigenvalue weighted by atomic mass is 19.4. The summed E-state index contributed by atoms with van der Waals surface area (Å²) in [5.74, 6) is -0.289. The van der Waals surface area contributed by atoms with Crippen LogP contribution in [0.1, 0.15) is 44.2 Å². The number of carbonyl (C=O) groups is 2. The number of piperidine rings is 1. The van der Waals surface area contributed by atoms with E-state index in [1.54, 1.807) is 4.90 Å². The number of hydrogen-bond acceptors (Lipinski definition) is 3. The molecule has 1 aliphatic heterocycles. The first-order valence-electron chi connectivity index (χ1n) is 10.7. The lowest BCUT2D eigenvalue weighted by Crippen LogP contribution is -2.43. The van der Waals surface area contributed by atoms with Crippen LogP contribution in [-0.2, 0) is 22.2 Å². The highest BCUT2D eigenvalue weighted by molar-refractivity contribution is 5.81. The number of halogens is 3. The minimum absolute atomic E-state index is 0.0273. The third kappa shape index (κ3) is 7.31. The molecule has 0 saturated carbocycles. The zero-order chi connectivity index (χ0) is 22.1. The van der Waals surface area contributed by atoms with Crippen LogP contribution in [-0.4, -0.2) is 60.9 Å². The molecule has 0 spiro atoms. The van der Waals surface area contributed by atoms with E-state index < -0.39 is 11.7 Å². The first-order chi connectivity index (χ1) is 14.2. The molecule has 1 heterocycles. The lowest BCUT2D eigenvalue weighted by atomic mass is 9.95. The minimum atomic E-state index is -4.42. The molecule has 5 nitrogen and oxygen atoms in total. The molecule has 1 saturated heterocycles. The van der Waals surface area contributed by atoms with Gasteiger partial charge in [0.2, 0.25) is 11.8 Å². The van der Waals surface area contributed by atoms with Gasteiger partial charge in [-0.05, 0) is 50.5 Å². The Balaban J connectivity index is 1.74. The van der Waals surface area contributed by atoms with E-state index in [0.717, 1.165) is 38.2 Å². The van der Waals surface area contributed by atoms with Crippen LogP contribution < -0.4 is 5.32 Å². The van der Waals surface area contributed by atoms with Gasteiger partial charge in [-0.3, -0.25) is 9.59 Å². The fraction of sp³-hybridized carbons (Fsp3) is 0.636. The Bertz CT molecular complexity index is 697. The lowest BCUT2D eigenvalue weighted by molar-refractivity contribution is -0.138. The molecule has 1 aromatic carbocycles. The summed E-state index contributed by atoms with van der Waals surface area (Å²) in [5.41, 5.74) is -0.396. The number of nitrogens with zero attached hydrogens (tertiary/aromatic N) is 2. The maximum Gasteiger partial charge on any atom is 0.416 e. The van der Waals surface area contributed by atoms with E-state index in [4.69, 9.17) is 0 Å². The Hall–Kier alpha value is -2.09. The van der Waals surface area contributed by atoms with Crippen LogP contribution in [0, 0.1) is 5.92 Å². The second-order valence-corrected chi connectivity index (χ2v) is 7.70. The highest BCUT2D eigenvalue weighted by Gasteiger charge is 2.31. The Morgan fingerprint density at radius 2 is 1.83 bits per heavy atom. The molecule has 1 aromatic rings. The maximum atomic E-state index is 12.8. The van der Waals surface area contributed by atoms with Gasteiger partial charge in [0.25, 0.3) is 0 Å². The average molecular weight is 428 g/mol. The fourth-order valence-electron chi connectivity index (χ4n) is 3.73. The number of rotatable bonds is 9. The van der Waals surface area contributed by atoms with E-state index in [0.29, 0.717) is 38.0 Å². The number of nitrogens with one attached hydrogen (secondary N) is 1. The third-order valence-electron chi connectivity index (χ3n) is 5.67.